The van der Waals surface area contributed by atoms with Crippen LogP contribution in [0.3, 0.4) is 0 Å². The van der Waals surface area contributed by atoms with E-state index < -0.39 is 16.0 Å². The molecule has 0 atom stereocenters. The maximum atomic E-state index is 12.3. The van der Waals surface area contributed by atoms with Gasteiger partial charge in [-0.15, -0.1) is 0 Å². The highest BCUT2D eigenvalue weighted by molar-refractivity contribution is 7.89. The Hall–Kier alpha value is -2.58. The highest BCUT2D eigenvalue weighted by Crippen LogP contribution is 2.39. The topological polar surface area (TPSA) is 110 Å². The first-order valence-corrected chi connectivity index (χ1v) is 11.7. The van der Waals surface area contributed by atoms with Crippen LogP contribution < -0.4 is 14.8 Å². The number of ether oxygens (including phenoxy) is 1. The molecule has 0 aliphatic heterocycles. The molecular formula is C22H30N2O5S. The Morgan fingerprint density at radius 3 is 2.30 bits per heavy atom. The van der Waals surface area contributed by atoms with Gasteiger partial charge in [0.15, 0.2) is 5.75 Å². The number of unbranched alkanes of at least 4 members (excludes halogenated alkanes) is 3. The van der Waals surface area contributed by atoms with Crippen LogP contribution in [0, 0.1) is 0 Å². The van der Waals surface area contributed by atoms with Crippen LogP contribution >= 0.6 is 0 Å². The van der Waals surface area contributed by atoms with E-state index in [-0.39, 0.29) is 16.2 Å². The third-order valence-corrected chi connectivity index (χ3v) is 5.58. The number of hydrogen-bond acceptors (Lipinski definition) is 5. The number of hydrogen-bond donors (Lipinski definition) is 2. The summed E-state index contributed by atoms with van der Waals surface area (Å²) in [5.74, 6) is -0.735. The smallest absolute Gasteiger partial charge is 0.335 e. The van der Waals surface area contributed by atoms with Crippen molar-refractivity contribution in [2.75, 3.05) is 18.0 Å². The number of primary sulfonamides is 1. The molecule has 30 heavy (non-hydrogen) atoms. The normalized spacial score (nSPS) is 11.3. The lowest BCUT2D eigenvalue weighted by atomic mass is 10.1. The highest BCUT2D eigenvalue weighted by Gasteiger charge is 2.26. The molecule has 0 amide bonds. The van der Waals surface area contributed by atoms with Crippen molar-refractivity contribution in [3.05, 3.63) is 48.0 Å². The van der Waals surface area contributed by atoms with Crippen LogP contribution in [-0.4, -0.2) is 32.6 Å². The fraction of sp³-hybridized carbons (Fsp3) is 0.409. The molecule has 0 saturated heterocycles. The molecule has 0 unspecified atom stereocenters. The lowest BCUT2D eigenvalue weighted by molar-refractivity contribution is 0.0696. The van der Waals surface area contributed by atoms with Gasteiger partial charge in [0.2, 0.25) is 10.0 Å². The SMILES string of the molecule is CCCCCCN(CCC)c1cc(C(=O)O)cc(S(N)(=O)=O)c1Oc1ccccc1. The first-order valence-electron chi connectivity index (χ1n) is 10.2. The minimum absolute atomic E-state index is 0.0534. The van der Waals surface area contributed by atoms with E-state index in [1.807, 2.05) is 17.9 Å². The first-order chi connectivity index (χ1) is 14.3. The number of benzene rings is 2. The summed E-state index contributed by atoms with van der Waals surface area (Å²) >= 11 is 0. The van der Waals surface area contributed by atoms with Crippen molar-refractivity contribution in [1.29, 1.82) is 0 Å². The van der Waals surface area contributed by atoms with Gasteiger partial charge >= 0.3 is 5.97 Å². The largest absolute Gasteiger partial charge is 0.478 e. The summed E-state index contributed by atoms with van der Waals surface area (Å²) in [4.78, 5) is 13.3. The van der Waals surface area contributed by atoms with E-state index in [9.17, 15) is 18.3 Å². The molecule has 0 aliphatic carbocycles. The van der Waals surface area contributed by atoms with Crippen LogP contribution in [0.4, 0.5) is 5.69 Å². The summed E-state index contributed by atoms with van der Waals surface area (Å²) in [7, 11) is -4.22. The van der Waals surface area contributed by atoms with Gasteiger partial charge in [-0.3, -0.25) is 0 Å². The second kappa shape index (κ2) is 11.0. The summed E-state index contributed by atoms with van der Waals surface area (Å²) in [6, 6.07) is 11.3. The van der Waals surface area contributed by atoms with Crippen LogP contribution in [-0.2, 0) is 10.0 Å². The van der Waals surface area contributed by atoms with Gasteiger partial charge in [0.05, 0.1) is 11.3 Å². The molecule has 0 aliphatic rings. The number of rotatable bonds is 12. The average Bonchev–Trinajstić information content (AvgIpc) is 2.70. The molecule has 0 fully saturated rings. The molecule has 0 heterocycles. The number of aromatic carboxylic acids is 1. The lowest BCUT2D eigenvalue weighted by Gasteiger charge is -2.28. The molecule has 2 aromatic rings. The molecule has 2 aromatic carbocycles. The summed E-state index contributed by atoms with van der Waals surface area (Å²) in [5.41, 5.74) is 0.269. The van der Waals surface area contributed by atoms with Crippen LogP contribution in [0.5, 0.6) is 11.5 Å². The van der Waals surface area contributed by atoms with Gasteiger partial charge < -0.3 is 14.7 Å². The molecule has 0 radical (unpaired) electrons. The molecule has 8 heteroatoms. The van der Waals surface area contributed by atoms with E-state index in [1.54, 1.807) is 24.3 Å². The molecular weight excluding hydrogens is 404 g/mol. The van der Waals surface area contributed by atoms with Gasteiger partial charge in [0, 0.05) is 13.1 Å². The quantitative estimate of drug-likeness (QED) is 0.472. The van der Waals surface area contributed by atoms with Crippen molar-refractivity contribution >= 4 is 21.7 Å². The minimum atomic E-state index is -4.22. The second-order valence-electron chi connectivity index (χ2n) is 7.14. The number of anilines is 1. The predicted octanol–water partition coefficient (Wildman–Crippen LogP) is 4.62. The minimum Gasteiger partial charge on any atom is -0.478 e. The van der Waals surface area contributed by atoms with Gasteiger partial charge in [-0.25, -0.2) is 18.4 Å². The van der Waals surface area contributed by atoms with E-state index in [0.29, 0.717) is 24.5 Å². The maximum Gasteiger partial charge on any atom is 0.335 e. The number of sulfonamides is 1. The monoisotopic (exact) mass is 434 g/mol. The van der Waals surface area contributed by atoms with Gasteiger partial charge in [-0.05, 0) is 37.1 Å². The van der Waals surface area contributed by atoms with E-state index >= 15 is 0 Å². The fourth-order valence-electron chi connectivity index (χ4n) is 3.22. The molecule has 0 saturated carbocycles. The average molecular weight is 435 g/mol. The molecule has 0 bridgehead atoms. The third kappa shape index (κ3) is 6.47. The van der Waals surface area contributed by atoms with Crippen LogP contribution in [0.25, 0.3) is 0 Å². The van der Waals surface area contributed by atoms with Gasteiger partial charge in [0.1, 0.15) is 10.6 Å². The summed E-state index contributed by atoms with van der Waals surface area (Å²) in [5, 5.41) is 15.0. The summed E-state index contributed by atoms with van der Waals surface area (Å²) in [6.45, 7) is 5.43. The highest BCUT2D eigenvalue weighted by atomic mass is 32.2. The number of carboxylic acid groups (broad SMARTS) is 1. The standard InChI is InChI=1S/C22H30N2O5S/c1-3-5-6-10-14-24(13-4-2)19-15-17(22(25)26)16-20(30(23,27)28)21(19)29-18-11-8-7-9-12-18/h7-9,11-12,15-16H,3-6,10,13-14H2,1-2H3,(H,25,26)(H2,23,27,28). The zero-order valence-electron chi connectivity index (χ0n) is 17.5. The zero-order chi connectivity index (χ0) is 22.1. The van der Waals surface area contributed by atoms with Crippen molar-refractivity contribution in [1.82, 2.24) is 0 Å². The Morgan fingerprint density at radius 1 is 1.03 bits per heavy atom. The number of para-hydroxylation sites is 1. The molecule has 0 aromatic heterocycles. The Balaban J connectivity index is 2.62. The Labute approximate surface area is 178 Å². The van der Waals surface area contributed by atoms with E-state index in [4.69, 9.17) is 9.88 Å². The fourth-order valence-corrected chi connectivity index (χ4v) is 3.91. The number of nitrogens with zero attached hydrogens (tertiary/aromatic N) is 1. The number of carboxylic acids is 1. The van der Waals surface area contributed by atoms with E-state index in [0.717, 1.165) is 38.2 Å². The molecule has 164 valence electrons. The molecule has 0 spiro atoms. The lowest BCUT2D eigenvalue weighted by Crippen LogP contribution is -2.27. The van der Waals surface area contributed by atoms with Crippen LogP contribution in [0.2, 0.25) is 0 Å². The predicted molar refractivity (Wildman–Crippen MR) is 118 cm³/mol. The second-order valence-corrected chi connectivity index (χ2v) is 8.67. The molecule has 3 N–H and O–H groups in total. The number of carbonyl (C=O) groups is 1. The Morgan fingerprint density at radius 2 is 1.73 bits per heavy atom. The third-order valence-electron chi connectivity index (χ3n) is 4.67. The van der Waals surface area contributed by atoms with Gasteiger partial charge in [-0.2, -0.15) is 0 Å². The van der Waals surface area contributed by atoms with Crippen molar-refractivity contribution in [3.8, 4) is 11.5 Å². The Bertz CT molecular complexity index is 946. The van der Waals surface area contributed by atoms with Gasteiger partial charge in [-0.1, -0.05) is 51.3 Å². The number of nitrogens with two attached hydrogens (primary N) is 1. The van der Waals surface area contributed by atoms with E-state index in [2.05, 4.69) is 6.92 Å². The molecule has 7 nitrogen and oxygen atoms in total. The van der Waals surface area contributed by atoms with Crippen molar-refractivity contribution in [3.63, 3.8) is 0 Å². The maximum absolute atomic E-state index is 12.3. The van der Waals surface area contributed by atoms with Crippen molar-refractivity contribution < 1.29 is 23.1 Å². The van der Waals surface area contributed by atoms with Gasteiger partial charge in [0.25, 0.3) is 0 Å². The summed E-state index contributed by atoms with van der Waals surface area (Å²) in [6.07, 6.45) is 4.94. The zero-order valence-corrected chi connectivity index (χ0v) is 18.3. The first kappa shape index (κ1) is 23.7. The van der Waals surface area contributed by atoms with Crippen LogP contribution in [0.1, 0.15) is 56.3 Å². The molecule has 2 rings (SSSR count). The van der Waals surface area contributed by atoms with Crippen molar-refractivity contribution in [2.24, 2.45) is 5.14 Å². The van der Waals surface area contributed by atoms with Crippen LogP contribution in [0.15, 0.2) is 47.4 Å². The van der Waals surface area contributed by atoms with E-state index in [1.165, 1.54) is 6.07 Å². The van der Waals surface area contributed by atoms with Crippen molar-refractivity contribution in [2.45, 2.75) is 50.8 Å². The Kier molecular flexibility index (Phi) is 8.68. The summed E-state index contributed by atoms with van der Waals surface area (Å²) < 4.78 is 30.6.